The van der Waals surface area contributed by atoms with E-state index in [0.29, 0.717) is 16.1 Å². The van der Waals surface area contributed by atoms with Gasteiger partial charge in [0.1, 0.15) is 0 Å². The number of hydrogen-bond acceptors (Lipinski definition) is 3. The highest BCUT2D eigenvalue weighted by molar-refractivity contribution is 6.35. The van der Waals surface area contributed by atoms with Gasteiger partial charge in [-0.1, -0.05) is 29.3 Å². The van der Waals surface area contributed by atoms with Gasteiger partial charge >= 0.3 is 0 Å². The number of rotatable bonds is 6. The van der Waals surface area contributed by atoms with Crippen molar-refractivity contribution >= 4 is 23.2 Å². The zero-order valence-corrected chi connectivity index (χ0v) is 12.4. The lowest BCUT2D eigenvalue weighted by atomic mass is 9.99. The van der Waals surface area contributed by atoms with Crippen molar-refractivity contribution in [3.05, 3.63) is 33.8 Å². The second-order valence-corrected chi connectivity index (χ2v) is 5.79. The molecule has 0 spiro atoms. The van der Waals surface area contributed by atoms with E-state index >= 15 is 0 Å². The van der Waals surface area contributed by atoms with E-state index in [-0.39, 0.29) is 6.04 Å². The van der Waals surface area contributed by atoms with Gasteiger partial charge in [0.25, 0.3) is 0 Å². The molecule has 0 aliphatic carbocycles. The second-order valence-electron chi connectivity index (χ2n) is 4.95. The standard InChI is InChI=1S/C14H20Cl2N2O/c15-10-6-7-12(13(16)9-10)14(18-17)5-1-3-11-4-2-8-19-11/h6-7,9,11,14,18H,1-5,8,17H2. The molecule has 3 nitrogen and oxygen atoms in total. The predicted molar refractivity (Wildman–Crippen MR) is 79.4 cm³/mol. The third-order valence-electron chi connectivity index (χ3n) is 3.58. The minimum Gasteiger partial charge on any atom is -0.378 e. The van der Waals surface area contributed by atoms with Crippen molar-refractivity contribution in [2.75, 3.05) is 6.61 Å². The molecule has 5 heteroatoms. The van der Waals surface area contributed by atoms with Gasteiger partial charge in [-0.05, 0) is 49.8 Å². The van der Waals surface area contributed by atoms with Crippen molar-refractivity contribution in [2.45, 2.75) is 44.2 Å². The van der Waals surface area contributed by atoms with Crippen LogP contribution in [0.25, 0.3) is 0 Å². The SMILES string of the molecule is NNC(CCCC1CCCO1)c1ccc(Cl)cc1Cl. The van der Waals surface area contributed by atoms with Gasteiger partial charge in [0.15, 0.2) is 0 Å². The van der Waals surface area contributed by atoms with Crippen molar-refractivity contribution in [3.8, 4) is 0 Å². The van der Waals surface area contributed by atoms with E-state index in [4.69, 9.17) is 33.8 Å². The van der Waals surface area contributed by atoms with Crippen LogP contribution in [0.1, 0.15) is 43.7 Å². The third-order valence-corrected chi connectivity index (χ3v) is 4.14. The molecule has 106 valence electrons. The number of nitrogens with one attached hydrogen (secondary N) is 1. The van der Waals surface area contributed by atoms with Gasteiger partial charge in [-0.2, -0.15) is 0 Å². The lowest BCUT2D eigenvalue weighted by molar-refractivity contribution is 0.101. The molecule has 1 heterocycles. The Hall–Kier alpha value is -0.320. The Kier molecular flexibility index (Phi) is 5.92. The molecule has 3 N–H and O–H groups in total. The summed E-state index contributed by atoms with van der Waals surface area (Å²) < 4.78 is 5.62. The fourth-order valence-electron chi connectivity index (χ4n) is 2.53. The highest BCUT2D eigenvalue weighted by atomic mass is 35.5. The average molecular weight is 303 g/mol. The molecule has 1 fully saturated rings. The van der Waals surface area contributed by atoms with E-state index in [2.05, 4.69) is 5.43 Å². The maximum atomic E-state index is 6.20. The molecular weight excluding hydrogens is 283 g/mol. The first-order valence-corrected chi connectivity index (χ1v) is 7.49. The molecular formula is C14H20Cl2N2O. The van der Waals surface area contributed by atoms with Crippen molar-refractivity contribution in [1.82, 2.24) is 5.43 Å². The molecule has 1 aromatic carbocycles. The molecule has 1 aromatic rings. The molecule has 2 unspecified atom stereocenters. The van der Waals surface area contributed by atoms with E-state index in [1.165, 1.54) is 12.8 Å². The van der Waals surface area contributed by atoms with Crippen LogP contribution in [0.4, 0.5) is 0 Å². The van der Waals surface area contributed by atoms with Gasteiger partial charge in [-0.25, -0.2) is 0 Å². The van der Waals surface area contributed by atoms with Crippen LogP contribution in [0.15, 0.2) is 18.2 Å². The topological polar surface area (TPSA) is 47.3 Å². The van der Waals surface area contributed by atoms with Crippen LogP contribution in [0.2, 0.25) is 10.0 Å². The fraction of sp³-hybridized carbons (Fsp3) is 0.571. The Bertz CT molecular complexity index is 408. The van der Waals surface area contributed by atoms with Crippen molar-refractivity contribution < 1.29 is 4.74 Å². The molecule has 0 bridgehead atoms. The van der Waals surface area contributed by atoms with Crippen LogP contribution in [0, 0.1) is 0 Å². The number of hydrazine groups is 1. The smallest absolute Gasteiger partial charge is 0.0576 e. The van der Waals surface area contributed by atoms with Crippen LogP contribution < -0.4 is 11.3 Å². The summed E-state index contributed by atoms with van der Waals surface area (Å²) >= 11 is 12.1. The van der Waals surface area contributed by atoms with Gasteiger partial charge in [0.05, 0.1) is 6.10 Å². The third kappa shape index (κ3) is 4.33. The summed E-state index contributed by atoms with van der Waals surface area (Å²) in [5, 5.41) is 1.30. The molecule has 1 aliphatic rings. The van der Waals surface area contributed by atoms with Crippen LogP contribution in [-0.4, -0.2) is 12.7 Å². The van der Waals surface area contributed by atoms with Gasteiger partial charge in [-0.15, -0.1) is 0 Å². The summed E-state index contributed by atoms with van der Waals surface area (Å²) in [7, 11) is 0. The molecule has 0 amide bonds. The number of hydrogen-bond donors (Lipinski definition) is 2. The van der Waals surface area contributed by atoms with E-state index in [1.807, 2.05) is 12.1 Å². The summed E-state index contributed by atoms with van der Waals surface area (Å²) in [6, 6.07) is 5.59. The molecule has 0 saturated carbocycles. The first kappa shape index (κ1) is 15.1. The minimum atomic E-state index is 0.0613. The van der Waals surface area contributed by atoms with E-state index in [9.17, 15) is 0 Å². The largest absolute Gasteiger partial charge is 0.378 e. The Morgan fingerprint density at radius 1 is 1.42 bits per heavy atom. The molecule has 2 rings (SSSR count). The second kappa shape index (κ2) is 7.46. The lowest BCUT2D eigenvalue weighted by Gasteiger charge is -2.18. The maximum Gasteiger partial charge on any atom is 0.0576 e. The van der Waals surface area contributed by atoms with Crippen molar-refractivity contribution in [3.63, 3.8) is 0 Å². The van der Waals surface area contributed by atoms with Crippen LogP contribution >= 0.6 is 23.2 Å². The summed E-state index contributed by atoms with van der Waals surface area (Å²) in [4.78, 5) is 0. The van der Waals surface area contributed by atoms with Crippen LogP contribution in [0.5, 0.6) is 0 Å². The summed E-state index contributed by atoms with van der Waals surface area (Å²) in [5.74, 6) is 5.63. The Balaban J connectivity index is 1.88. The average Bonchev–Trinajstić information content (AvgIpc) is 2.89. The molecule has 19 heavy (non-hydrogen) atoms. The van der Waals surface area contributed by atoms with Crippen LogP contribution in [-0.2, 0) is 4.74 Å². The first-order chi connectivity index (χ1) is 9.20. The minimum absolute atomic E-state index is 0.0613. The monoisotopic (exact) mass is 302 g/mol. The first-order valence-electron chi connectivity index (χ1n) is 6.73. The highest BCUT2D eigenvalue weighted by Crippen LogP contribution is 2.29. The fourth-order valence-corrected chi connectivity index (χ4v) is 3.07. The van der Waals surface area contributed by atoms with Gasteiger partial charge in [-0.3, -0.25) is 11.3 Å². The Labute approximate surface area is 124 Å². The molecule has 1 saturated heterocycles. The van der Waals surface area contributed by atoms with Gasteiger partial charge < -0.3 is 4.74 Å². The Morgan fingerprint density at radius 2 is 2.26 bits per heavy atom. The normalized spacial score (nSPS) is 20.7. The summed E-state index contributed by atoms with van der Waals surface area (Å²) in [6.45, 7) is 0.909. The Morgan fingerprint density at radius 3 is 2.89 bits per heavy atom. The number of ether oxygens (including phenoxy) is 1. The number of halogens is 2. The number of benzene rings is 1. The lowest BCUT2D eigenvalue weighted by Crippen LogP contribution is -2.28. The zero-order valence-electron chi connectivity index (χ0n) is 10.9. The molecule has 0 aromatic heterocycles. The number of nitrogens with two attached hydrogens (primary N) is 1. The summed E-state index contributed by atoms with van der Waals surface area (Å²) in [6.07, 6.45) is 5.90. The van der Waals surface area contributed by atoms with Crippen molar-refractivity contribution in [1.29, 1.82) is 0 Å². The predicted octanol–water partition coefficient (Wildman–Crippen LogP) is 3.85. The van der Waals surface area contributed by atoms with Gasteiger partial charge in [0, 0.05) is 22.7 Å². The van der Waals surface area contributed by atoms with Gasteiger partial charge in [0.2, 0.25) is 0 Å². The molecule has 2 atom stereocenters. The molecule has 1 aliphatic heterocycles. The summed E-state index contributed by atoms with van der Waals surface area (Å²) in [5.41, 5.74) is 3.84. The van der Waals surface area contributed by atoms with E-state index < -0.39 is 0 Å². The highest BCUT2D eigenvalue weighted by Gasteiger charge is 2.17. The zero-order chi connectivity index (χ0) is 13.7. The van der Waals surface area contributed by atoms with Crippen LogP contribution in [0.3, 0.4) is 0 Å². The maximum absolute atomic E-state index is 6.20. The molecule has 0 radical (unpaired) electrons. The van der Waals surface area contributed by atoms with E-state index in [0.717, 1.165) is 31.4 Å². The van der Waals surface area contributed by atoms with Crippen molar-refractivity contribution in [2.24, 2.45) is 5.84 Å². The quantitative estimate of drug-likeness (QED) is 0.620. The van der Waals surface area contributed by atoms with E-state index in [1.54, 1.807) is 6.07 Å².